The van der Waals surface area contributed by atoms with Crippen molar-refractivity contribution in [1.82, 2.24) is 0 Å². The summed E-state index contributed by atoms with van der Waals surface area (Å²) in [6, 6.07) is 5.98. The lowest BCUT2D eigenvalue weighted by molar-refractivity contribution is -0.136. The Bertz CT molecular complexity index is 1010. The van der Waals surface area contributed by atoms with Gasteiger partial charge in [-0.25, -0.2) is 0 Å². The maximum Gasteiger partial charge on any atom is 0.417 e. The van der Waals surface area contributed by atoms with E-state index in [2.05, 4.69) is 0 Å². The monoisotopic (exact) mass is 384 g/mol. The molecule has 2 atom stereocenters. The molecule has 0 saturated carbocycles. The molecule has 0 saturated heterocycles. The number of hydrogen-bond donors (Lipinski definition) is 0. The van der Waals surface area contributed by atoms with Gasteiger partial charge in [0.2, 0.25) is 0 Å². The Morgan fingerprint density at radius 2 is 1.67 bits per heavy atom. The number of carbonyl (C=O) groups is 1. The first-order chi connectivity index (χ1) is 12.6. The second kappa shape index (κ2) is 5.61. The van der Waals surface area contributed by atoms with E-state index < -0.39 is 41.3 Å². The van der Waals surface area contributed by atoms with Crippen LogP contribution in [0.2, 0.25) is 0 Å². The van der Waals surface area contributed by atoms with Crippen molar-refractivity contribution in [2.24, 2.45) is 5.92 Å². The van der Waals surface area contributed by atoms with E-state index in [4.69, 9.17) is 4.74 Å². The smallest absolute Gasteiger partial charge is 0.417 e. The average molecular weight is 384 g/mol. The maximum absolute atomic E-state index is 13.4. The molecule has 1 aliphatic heterocycles. The number of rotatable bonds is 0. The van der Waals surface area contributed by atoms with Crippen LogP contribution in [-0.2, 0) is 6.18 Å². The van der Waals surface area contributed by atoms with E-state index in [0.29, 0.717) is 0 Å². The van der Waals surface area contributed by atoms with E-state index in [-0.39, 0.29) is 22.1 Å². The van der Waals surface area contributed by atoms with Gasteiger partial charge in [0, 0.05) is 5.39 Å². The number of carbonyl (C=O) groups excluding carboxylic acids is 1. The van der Waals surface area contributed by atoms with Gasteiger partial charge in [-0.15, -0.1) is 0 Å². The highest BCUT2D eigenvalue weighted by atomic mass is 19.4. The normalized spacial score (nSPS) is 22.1. The first-order valence-corrected chi connectivity index (χ1v) is 7.88. The maximum atomic E-state index is 13.4. The van der Waals surface area contributed by atoms with Crippen LogP contribution in [-0.4, -0.2) is 18.1 Å². The summed E-state index contributed by atoms with van der Waals surface area (Å²) in [5, 5.41) is -0.201. The summed E-state index contributed by atoms with van der Waals surface area (Å²) < 4.78 is 85.5. The topological polar surface area (TPSA) is 26.3 Å². The van der Waals surface area contributed by atoms with Gasteiger partial charge < -0.3 is 4.74 Å². The fourth-order valence-electron chi connectivity index (χ4n) is 3.53. The summed E-state index contributed by atoms with van der Waals surface area (Å²) in [5.41, 5.74) is -2.41. The van der Waals surface area contributed by atoms with Crippen molar-refractivity contribution in [2.75, 3.05) is 0 Å². The molecule has 4 rings (SSSR count). The van der Waals surface area contributed by atoms with E-state index in [1.54, 1.807) is 0 Å². The SMILES string of the molecule is O=C1c2c(ccc3cccc(C(F)(F)F)c23)OC2C(C(F)(F)F)=CC=CC12. The third kappa shape index (κ3) is 2.70. The van der Waals surface area contributed by atoms with Gasteiger partial charge in [-0.2, -0.15) is 26.3 Å². The van der Waals surface area contributed by atoms with Crippen molar-refractivity contribution in [3.63, 3.8) is 0 Å². The number of benzene rings is 2. The van der Waals surface area contributed by atoms with E-state index >= 15 is 0 Å². The minimum atomic E-state index is -4.73. The Hall–Kier alpha value is -2.77. The summed E-state index contributed by atoms with van der Waals surface area (Å²) >= 11 is 0. The number of Topliss-reactive ketones (excluding diaryl/α,β-unsaturated/α-hetero) is 1. The van der Waals surface area contributed by atoms with E-state index in [1.165, 1.54) is 30.3 Å². The molecule has 0 amide bonds. The predicted molar refractivity (Wildman–Crippen MR) is 84.5 cm³/mol. The highest BCUT2D eigenvalue weighted by Gasteiger charge is 2.49. The van der Waals surface area contributed by atoms with Crippen LogP contribution in [0.5, 0.6) is 5.75 Å². The van der Waals surface area contributed by atoms with Crippen molar-refractivity contribution in [3.05, 3.63) is 65.3 Å². The molecule has 0 spiro atoms. The number of allylic oxidation sites excluding steroid dienone is 2. The first kappa shape index (κ1) is 17.6. The Balaban J connectivity index is 1.96. The quantitative estimate of drug-likeness (QED) is 0.563. The number of ether oxygens (including phenoxy) is 1. The number of ketones is 1. The zero-order valence-electron chi connectivity index (χ0n) is 13.4. The third-order valence-electron chi connectivity index (χ3n) is 4.67. The second-order valence-electron chi connectivity index (χ2n) is 6.27. The van der Waals surface area contributed by atoms with Gasteiger partial charge in [0.05, 0.1) is 22.6 Å². The molecule has 2 unspecified atom stereocenters. The zero-order chi connectivity index (χ0) is 19.6. The van der Waals surface area contributed by atoms with E-state index in [9.17, 15) is 31.1 Å². The summed E-state index contributed by atoms with van der Waals surface area (Å²) in [6.45, 7) is 0. The van der Waals surface area contributed by atoms with Crippen LogP contribution in [0.25, 0.3) is 10.8 Å². The molecule has 0 fully saturated rings. The Kier molecular flexibility index (Phi) is 3.66. The Morgan fingerprint density at radius 3 is 2.33 bits per heavy atom. The van der Waals surface area contributed by atoms with Crippen LogP contribution in [0.3, 0.4) is 0 Å². The first-order valence-electron chi connectivity index (χ1n) is 7.88. The number of fused-ring (bicyclic) bond motifs is 4. The lowest BCUT2D eigenvalue weighted by Crippen LogP contribution is -2.43. The van der Waals surface area contributed by atoms with Gasteiger partial charge in [0.15, 0.2) is 5.78 Å². The Morgan fingerprint density at radius 1 is 0.926 bits per heavy atom. The van der Waals surface area contributed by atoms with Gasteiger partial charge in [0.1, 0.15) is 11.9 Å². The molecule has 2 aromatic rings. The highest BCUT2D eigenvalue weighted by molar-refractivity contribution is 6.14. The number of hydrogen-bond acceptors (Lipinski definition) is 2. The lowest BCUT2D eigenvalue weighted by Gasteiger charge is -2.35. The van der Waals surface area contributed by atoms with Gasteiger partial charge >= 0.3 is 12.4 Å². The summed E-state index contributed by atoms with van der Waals surface area (Å²) in [4.78, 5) is 12.9. The van der Waals surface area contributed by atoms with Gasteiger partial charge in [-0.05, 0) is 17.5 Å². The molecule has 2 nitrogen and oxygen atoms in total. The van der Waals surface area contributed by atoms with Crippen LogP contribution in [0.4, 0.5) is 26.3 Å². The summed E-state index contributed by atoms with van der Waals surface area (Å²) in [5.74, 6) is -2.45. The second-order valence-corrected chi connectivity index (χ2v) is 6.27. The standard InChI is InChI=1S/C19H10F6O2/c20-18(21,22)11-5-1-3-9-7-8-13-15(14(9)11)16(26)10-4-2-6-12(17(10)27-13)19(23,24)25/h1-8,10,17H. The van der Waals surface area contributed by atoms with Crippen LogP contribution >= 0.6 is 0 Å². The number of halogens is 6. The molecular weight excluding hydrogens is 374 g/mol. The molecule has 0 radical (unpaired) electrons. The minimum Gasteiger partial charge on any atom is -0.484 e. The molecule has 2 aliphatic rings. The summed E-state index contributed by atoms with van der Waals surface area (Å²) in [7, 11) is 0. The van der Waals surface area contributed by atoms with Gasteiger partial charge in [-0.3, -0.25) is 4.79 Å². The highest BCUT2D eigenvalue weighted by Crippen LogP contribution is 2.46. The largest absolute Gasteiger partial charge is 0.484 e. The molecule has 0 bridgehead atoms. The molecule has 8 heteroatoms. The van der Waals surface area contributed by atoms with Crippen LogP contribution in [0.1, 0.15) is 15.9 Å². The Labute approximate surface area is 148 Å². The average Bonchev–Trinajstić information content (AvgIpc) is 2.59. The van der Waals surface area contributed by atoms with Crippen molar-refractivity contribution in [1.29, 1.82) is 0 Å². The van der Waals surface area contributed by atoms with Crippen LogP contribution in [0.15, 0.2) is 54.1 Å². The molecule has 1 aliphatic carbocycles. The molecule has 140 valence electrons. The molecule has 27 heavy (non-hydrogen) atoms. The molecule has 0 aromatic heterocycles. The number of alkyl halides is 6. The fourth-order valence-corrected chi connectivity index (χ4v) is 3.53. The van der Waals surface area contributed by atoms with Crippen molar-refractivity contribution >= 4 is 16.6 Å². The van der Waals surface area contributed by atoms with Gasteiger partial charge in [-0.1, -0.05) is 36.4 Å². The van der Waals surface area contributed by atoms with Crippen molar-refractivity contribution in [2.45, 2.75) is 18.5 Å². The fraction of sp³-hybridized carbons (Fsp3) is 0.211. The summed E-state index contributed by atoms with van der Waals surface area (Å²) in [6.07, 6.45) is -7.97. The molecule has 2 aromatic carbocycles. The van der Waals surface area contributed by atoms with Gasteiger partial charge in [0.25, 0.3) is 0 Å². The molecule has 1 heterocycles. The van der Waals surface area contributed by atoms with Crippen molar-refractivity contribution in [3.8, 4) is 5.75 Å². The van der Waals surface area contributed by atoms with Crippen molar-refractivity contribution < 1.29 is 35.9 Å². The minimum absolute atomic E-state index is 0.158. The zero-order valence-corrected chi connectivity index (χ0v) is 13.4. The van der Waals surface area contributed by atoms with Crippen LogP contribution in [0, 0.1) is 5.92 Å². The van der Waals surface area contributed by atoms with E-state index in [1.807, 2.05) is 0 Å². The molecular formula is C19H10F6O2. The lowest BCUT2D eigenvalue weighted by atomic mass is 9.80. The van der Waals surface area contributed by atoms with Crippen LogP contribution < -0.4 is 4.74 Å². The molecule has 0 N–H and O–H groups in total. The predicted octanol–water partition coefficient (Wildman–Crippen LogP) is 5.48. The third-order valence-corrected chi connectivity index (χ3v) is 4.67. The van der Waals surface area contributed by atoms with E-state index in [0.717, 1.165) is 18.2 Å².